The second-order valence-electron chi connectivity index (χ2n) is 23.8. The molecule has 19 nitrogen and oxygen atoms in total. The number of rotatable bonds is 15. The summed E-state index contributed by atoms with van der Waals surface area (Å²) in [7, 11) is 4.79. The van der Waals surface area contributed by atoms with Crippen molar-refractivity contribution in [1.82, 2.24) is 0 Å². The lowest BCUT2D eigenvalue weighted by atomic mass is 9.40. The number of carbonyl (C=O) groups excluding carboxylic acids is 2. The number of hydrogen-bond donors (Lipinski definition) is 5. The maximum atomic E-state index is 13.6. The van der Waals surface area contributed by atoms with Crippen LogP contribution in [0.25, 0.3) is 6.08 Å². The minimum Gasteiger partial charge on any atom is -0.458 e. The van der Waals surface area contributed by atoms with Crippen LogP contribution in [-0.2, 0) is 66.4 Å². The molecule has 19 heteroatoms. The number of aliphatic hydroxyl groups excluding tert-OH is 2. The predicted molar refractivity (Wildman–Crippen MR) is 271 cm³/mol. The van der Waals surface area contributed by atoms with Crippen molar-refractivity contribution in [2.24, 2.45) is 22.7 Å². The molecule has 25 unspecified atom stereocenters. The topological polar surface area (TPSA) is 246 Å². The second-order valence-corrected chi connectivity index (χ2v) is 23.8. The molecule has 4 aliphatic heterocycles. The SMILES string of the molecule is COC1CC(OC2C(C)OC(OC3C(C)OC(OC4C(O)CC(OC5CCC6(C)C(CCC7(O)C6CC(OC(=O)C=Cc6ccccc6)C6(C)C(O)(C(C)=O)CCC76O)C5)OC4C)CC3OC)CC2OC)OC(C)C1O. The highest BCUT2D eigenvalue weighted by molar-refractivity contribution is 5.88. The molecule has 8 fully saturated rings. The number of Topliss-reactive ketones (excluding diaryl/α,β-unsaturated/α-hetero) is 1. The van der Waals surface area contributed by atoms with E-state index in [1.807, 2.05) is 51.1 Å². The number of carbonyl (C=O) groups is 2. The molecule has 0 radical (unpaired) electrons. The van der Waals surface area contributed by atoms with Gasteiger partial charge in [-0.05, 0) is 122 Å². The maximum absolute atomic E-state index is 13.6. The Hall–Kier alpha value is -2.54. The van der Waals surface area contributed by atoms with Gasteiger partial charge < -0.3 is 82.4 Å². The van der Waals surface area contributed by atoms with Crippen LogP contribution in [0.2, 0.25) is 0 Å². The summed E-state index contributed by atoms with van der Waals surface area (Å²) in [4.78, 5) is 26.9. The Kier molecular flexibility index (Phi) is 17.4. The van der Waals surface area contributed by atoms with Gasteiger partial charge in [0.05, 0.1) is 66.0 Å². The number of fused-ring (bicyclic) bond motifs is 5. The molecule has 0 aromatic heterocycles. The molecule has 1 aromatic rings. The number of aliphatic hydroxyl groups is 5. The Morgan fingerprint density at radius 2 is 1.17 bits per heavy atom. The Labute approximate surface area is 447 Å². The lowest BCUT2D eigenvalue weighted by Crippen LogP contribution is -2.79. The first-order valence-corrected chi connectivity index (χ1v) is 27.8. The van der Waals surface area contributed by atoms with E-state index in [4.69, 9.17) is 56.8 Å². The molecule has 0 amide bonds. The van der Waals surface area contributed by atoms with Crippen LogP contribution < -0.4 is 0 Å². The minimum atomic E-state index is -2.03. The van der Waals surface area contributed by atoms with Crippen molar-refractivity contribution in [3.63, 3.8) is 0 Å². The van der Waals surface area contributed by atoms with Crippen molar-refractivity contribution < 1.29 is 92.0 Å². The van der Waals surface area contributed by atoms with E-state index < -0.39 is 144 Å². The fourth-order valence-corrected chi connectivity index (χ4v) is 15.4. The van der Waals surface area contributed by atoms with Gasteiger partial charge in [0.15, 0.2) is 30.9 Å². The van der Waals surface area contributed by atoms with Crippen LogP contribution >= 0.6 is 0 Å². The normalized spacial score (nSPS) is 49.6. The number of ketones is 1. The monoisotopic (exact) mass is 1070 g/mol. The van der Waals surface area contributed by atoms with Crippen molar-refractivity contribution >= 4 is 17.8 Å². The van der Waals surface area contributed by atoms with Gasteiger partial charge in [-0.25, -0.2) is 4.79 Å². The molecule has 4 aliphatic carbocycles. The fourth-order valence-electron chi connectivity index (χ4n) is 15.4. The Balaban J connectivity index is 0.790. The largest absolute Gasteiger partial charge is 0.458 e. The molecule has 1 aromatic carbocycles. The van der Waals surface area contributed by atoms with Gasteiger partial charge in [-0.1, -0.05) is 37.3 Å². The van der Waals surface area contributed by atoms with Crippen LogP contribution in [0.1, 0.15) is 131 Å². The van der Waals surface area contributed by atoms with E-state index in [-0.39, 0.29) is 50.2 Å². The van der Waals surface area contributed by atoms with Gasteiger partial charge in [0.2, 0.25) is 0 Å². The van der Waals surface area contributed by atoms with Crippen molar-refractivity contribution in [2.75, 3.05) is 21.3 Å². The predicted octanol–water partition coefficient (Wildman–Crippen LogP) is 4.66. The van der Waals surface area contributed by atoms with Crippen LogP contribution in [0, 0.1) is 22.7 Å². The van der Waals surface area contributed by atoms with E-state index in [0.717, 1.165) is 5.56 Å². The van der Waals surface area contributed by atoms with Crippen LogP contribution in [0.3, 0.4) is 0 Å². The lowest BCUT2D eigenvalue weighted by Gasteiger charge is -2.69. The highest BCUT2D eigenvalue weighted by atomic mass is 16.8. The van der Waals surface area contributed by atoms with Gasteiger partial charge in [-0.2, -0.15) is 0 Å². The zero-order chi connectivity index (χ0) is 54.7. The zero-order valence-corrected chi connectivity index (χ0v) is 46.0. The summed E-state index contributed by atoms with van der Waals surface area (Å²) < 4.78 is 74.8. The number of methoxy groups -OCH3 is 3. The number of hydrogen-bond acceptors (Lipinski definition) is 19. The Morgan fingerprint density at radius 3 is 1.74 bits per heavy atom. The third-order valence-corrected chi connectivity index (χ3v) is 19.9. The summed E-state index contributed by atoms with van der Waals surface area (Å²) >= 11 is 0. The first kappa shape index (κ1) is 58.1. The van der Waals surface area contributed by atoms with E-state index >= 15 is 0 Å². The molecule has 4 heterocycles. The first-order valence-electron chi connectivity index (χ1n) is 27.8. The summed E-state index contributed by atoms with van der Waals surface area (Å²) in [6.07, 6.45) is -3.81. The van der Waals surface area contributed by atoms with Crippen LogP contribution in [0.4, 0.5) is 0 Å². The molecular weight excluding hydrogens is 989 g/mol. The molecule has 0 bridgehead atoms. The van der Waals surface area contributed by atoms with Crippen LogP contribution in [0.5, 0.6) is 0 Å². The van der Waals surface area contributed by atoms with Crippen molar-refractivity contribution in [3.8, 4) is 0 Å². The molecule has 428 valence electrons. The molecule has 8 aliphatic rings. The lowest BCUT2D eigenvalue weighted by molar-refractivity contribution is -0.348. The fraction of sp³-hybridized carbons (Fsp3) is 0.825. The van der Waals surface area contributed by atoms with Crippen molar-refractivity contribution in [3.05, 3.63) is 42.0 Å². The van der Waals surface area contributed by atoms with E-state index in [2.05, 4.69) is 6.92 Å². The quantitative estimate of drug-likeness (QED) is 0.0911. The Bertz CT molecular complexity index is 2170. The standard InChI is InChI=1S/C57H86O19/c1-30-49(61)39(65-8)26-46(68-30)75-51-33(4)71-48(28-41(51)67-10)76-52-32(3)70-47(27-40(52)66-9)74-50-31(2)69-45(25-38(50)59)72-37-19-20-53(6)36(24-37)18-21-56(63)42(53)29-43(73-44(60)17-16-35-14-12-11-13-15-35)54(7)55(62,34(5)58)22-23-57(54,56)64/h11-17,30-33,36-43,45-52,59,61-64H,18-29H2,1-10H3. The number of esters is 1. The summed E-state index contributed by atoms with van der Waals surface area (Å²) in [5.74, 6) is -1.69. The molecule has 4 saturated heterocycles. The Morgan fingerprint density at radius 1 is 0.632 bits per heavy atom. The van der Waals surface area contributed by atoms with E-state index in [9.17, 15) is 35.1 Å². The third kappa shape index (κ3) is 10.4. The van der Waals surface area contributed by atoms with Gasteiger partial charge in [0.25, 0.3) is 0 Å². The summed E-state index contributed by atoms with van der Waals surface area (Å²) in [6, 6.07) is 9.30. The average Bonchev–Trinajstić information content (AvgIpc) is 3.75. The van der Waals surface area contributed by atoms with Gasteiger partial charge in [-0.3, -0.25) is 4.79 Å². The van der Waals surface area contributed by atoms with Crippen LogP contribution in [-0.4, -0.2) is 186 Å². The molecule has 76 heavy (non-hydrogen) atoms. The zero-order valence-electron chi connectivity index (χ0n) is 46.0. The van der Waals surface area contributed by atoms with Crippen LogP contribution in [0.15, 0.2) is 36.4 Å². The maximum Gasteiger partial charge on any atom is 0.331 e. The van der Waals surface area contributed by atoms with Gasteiger partial charge in [0.1, 0.15) is 41.7 Å². The van der Waals surface area contributed by atoms with Gasteiger partial charge in [0, 0.05) is 53.1 Å². The molecular formula is C57H86O19. The number of benzene rings is 1. The van der Waals surface area contributed by atoms with E-state index in [1.165, 1.54) is 13.0 Å². The smallest absolute Gasteiger partial charge is 0.331 e. The first-order chi connectivity index (χ1) is 36.0. The third-order valence-electron chi connectivity index (χ3n) is 19.9. The second kappa shape index (κ2) is 22.8. The van der Waals surface area contributed by atoms with Gasteiger partial charge in [-0.15, -0.1) is 0 Å². The molecule has 5 N–H and O–H groups in total. The van der Waals surface area contributed by atoms with E-state index in [0.29, 0.717) is 44.9 Å². The molecule has 0 spiro atoms. The highest BCUT2D eigenvalue weighted by Gasteiger charge is 2.82. The molecule has 25 atom stereocenters. The minimum absolute atomic E-state index is 0.0323. The molecule has 9 rings (SSSR count). The van der Waals surface area contributed by atoms with E-state index in [1.54, 1.807) is 41.3 Å². The molecule has 4 saturated carbocycles. The average molecular weight is 1080 g/mol. The summed E-state index contributed by atoms with van der Waals surface area (Å²) in [5.41, 5.74) is -7.07. The van der Waals surface area contributed by atoms with Crippen molar-refractivity contribution in [1.29, 1.82) is 0 Å². The number of ether oxygens (including phenoxy) is 12. The summed E-state index contributed by atoms with van der Waals surface area (Å²) in [5, 5.41) is 60.2. The van der Waals surface area contributed by atoms with Crippen molar-refractivity contribution in [2.45, 2.75) is 253 Å². The van der Waals surface area contributed by atoms with Gasteiger partial charge >= 0.3 is 5.97 Å². The highest BCUT2D eigenvalue weighted by Crippen LogP contribution is 2.72. The summed E-state index contributed by atoms with van der Waals surface area (Å²) in [6.45, 7) is 12.4.